The maximum absolute atomic E-state index is 5.94. The molecule has 0 aliphatic carbocycles. The number of rotatable bonds is 3. The van der Waals surface area contributed by atoms with E-state index in [0.29, 0.717) is 0 Å². The van der Waals surface area contributed by atoms with Crippen LogP contribution in [0, 0.1) is 0 Å². The van der Waals surface area contributed by atoms with Crippen LogP contribution in [0.15, 0.2) is 42.6 Å². The SMILES string of the molecule is COc1ccc(Cc2ccccn2)c(N)c1. The molecule has 0 spiro atoms. The van der Waals surface area contributed by atoms with Gasteiger partial charge in [0.2, 0.25) is 0 Å². The molecule has 0 aliphatic heterocycles. The summed E-state index contributed by atoms with van der Waals surface area (Å²) < 4.78 is 5.10. The van der Waals surface area contributed by atoms with Crippen molar-refractivity contribution < 1.29 is 4.74 Å². The Labute approximate surface area is 94.9 Å². The van der Waals surface area contributed by atoms with Gasteiger partial charge in [-0.3, -0.25) is 4.98 Å². The average molecular weight is 214 g/mol. The lowest BCUT2D eigenvalue weighted by Gasteiger charge is -2.07. The highest BCUT2D eigenvalue weighted by atomic mass is 16.5. The molecule has 2 aromatic rings. The number of nitrogens with two attached hydrogens (primary N) is 1. The molecule has 1 aromatic carbocycles. The molecule has 0 bridgehead atoms. The predicted octanol–water partition coefficient (Wildman–Crippen LogP) is 2.26. The zero-order chi connectivity index (χ0) is 11.4. The second-order valence-electron chi connectivity index (χ2n) is 3.56. The standard InChI is InChI=1S/C13H14N2O/c1-16-12-6-5-10(13(14)9-12)8-11-4-2-3-7-15-11/h2-7,9H,8,14H2,1H3. The van der Waals surface area contributed by atoms with Crippen LogP contribution in [0.5, 0.6) is 5.75 Å². The van der Waals surface area contributed by atoms with Crippen molar-refractivity contribution in [2.45, 2.75) is 6.42 Å². The zero-order valence-electron chi connectivity index (χ0n) is 9.18. The molecule has 0 radical (unpaired) electrons. The van der Waals surface area contributed by atoms with Gasteiger partial charge in [-0.05, 0) is 23.8 Å². The second kappa shape index (κ2) is 4.66. The molecule has 0 amide bonds. The van der Waals surface area contributed by atoms with Gasteiger partial charge in [-0.2, -0.15) is 0 Å². The summed E-state index contributed by atoms with van der Waals surface area (Å²) in [6, 6.07) is 11.6. The van der Waals surface area contributed by atoms with Gasteiger partial charge in [0.05, 0.1) is 7.11 Å². The zero-order valence-corrected chi connectivity index (χ0v) is 9.18. The maximum Gasteiger partial charge on any atom is 0.120 e. The summed E-state index contributed by atoms with van der Waals surface area (Å²) in [7, 11) is 1.63. The lowest BCUT2D eigenvalue weighted by atomic mass is 10.1. The number of hydrogen-bond donors (Lipinski definition) is 1. The summed E-state index contributed by atoms with van der Waals surface area (Å²) >= 11 is 0. The van der Waals surface area contributed by atoms with Gasteiger partial charge in [0.25, 0.3) is 0 Å². The Hall–Kier alpha value is -2.03. The summed E-state index contributed by atoms with van der Waals surface area (Å²) in [6.45, 7) is 0. The molecule has 0 aliphatic rings. The number of nitrogen functional groups attached to an aromatic ring is 1. The molecular formula is C13H14N2O. The van der Waals surface area contributed by atoms with E-state index in [0.717, 1.165) is 29.1 Å². The van der Waals surface area contributed by atoms with Crippen molar-refractivity contribution in [3.63, 3.8) is 0 Å². The Bertz CT molecular complexity index is 469. The number of methoxy groups -OCH3 is 1. The number of aromatic nitrogens is 1. The lowest BCUT2D eigenvalue weighted by Crippen LogP contribution is -1.98. The largest absolute Gasteiger partial charge is 0.497 e. The minimum atomic E-state index is 0.741. The third-order valence-corrected chi connectivity index (χ3v) is 2.45. The van der Waals surface area contributed by atoms with Crippen molar-refractivity contribution in [3.8, 4) is 5.75 Å². The van der Waals surface area contributed by atoms with E-state index in [-0.39, 0.29) is 0 Å². The van der Waals surface area contributed by atoms with E-state index in [1.54, 1.807) is 13.3 Å². The van der Waals surface area contributed by atoms with E-state index in [1.807, 2.05) is 36.4 Å². The number of ether oxygens (including phenoxy) is 1. The first-order chi connectivity index (χ1) is 7.79. The van der Waals surface area contributed by atoms with Crippen molar-refractivity contribution in [2.24, 2.45) is 0 Å². The fourth-order valence-corrected chi connectivity index (χ4v) is 1.56. The molecule has 1 heterocycles. The Morgan fingerprint density at radius 2 is 2.12 bits per heavy atom. The first-order valence-corrected chi connectivity index (χ1v) is 5.12. The minimum absolute atomic E-state index is 0.741. The number of pyridine rings is 1. The van der Waals surface area contributed by atoms with E-state index in [1.165, 1.54) is 0 Å². The van der Waals surface area contributed by atoms with Crippen LogP contribution < -0.4 is 10.5 Å². The molecule has 0 saturated heterocycles. The molecule has 3 heteroatoms. The highest BCUT2D eigenvalue weighted by molar-refractivity contribution is 5.52. The van der Waals surface area contributed by atoms with Crippen LogP contribution in [-0.2, 0) is 6.42 Å². The van der Waals surface area contributed by atoms with Gasteiger partial charge in [0.1, 0.15) is 5.75 Å². The van der Waals surface area contributed by atoms with Crippen LogP contribution in [0.3, 0.4) is 0 Å². The molecule has 0 fully saturated rings. The van der Waals surface area contributed by atoms with Crippen molar-refractivity contribution >= 4 is 5.69 Å². The summed E-state index contributed by atoms with van der Waals surface area (Å²) in [5, 5.41) is 0. The monoisotopic (exact) mass is 214 g/mol. The fraction of sp³-hybridized carbons (Fsp3) is 0.154. The highest BCUT2D eigenvalue weighted by Crippen LogP contribution is 2.21. The first kappa shape index (κ1) is 10.5. The maximum atomic E-state index is 5.94. The average Bonchev–Trinajstić information content (AvgIpc) is 2.33. The minimum Gasteiger partial charge on any atom is -0.497 e. The molecular weight excluding hydrogens is 200 g/mol. The molecule has 2 N–H and O–H groups in total. The van der Waals surface area contributed by atoms with Gasteiger partial charge in [0.15, 0.2) is 0 Å². The molecule has 2 rings (SSSR count). The van der Waals surface area contributed by atoms with Crippen LogP contribution in [0.25, 0.3) is 0 Å². The molecule has 0 saturated carbocycles. The summed E-state index contributed by atoms with van der Waals surface area (Å²) in [4.78, 5) is 4.27. The Morgan fingerprint density at radius 3 is 2.75 bits per heavy atom. The fourth-order valence-electron chi connectivity index (χ4n) is 1.56. The smallest absolute Gasteiger partial charge is 0.120 e. The quantitative estimate of drug-likeness (QED) is 0.797. The van der Waals surface area contributed by atoms with Crippen LogP contribution in [0.2, 0.25) is 0 Å². The van der Waals surface area contributed by atoms with Gasteiger partial charge in [-0.25, -0.2) is 0 Å². The van der Waals surface area contributed by atoms with Crippen LogP contribution in [0.4, 0.5) is 5.69 Å². The third-order valence-electron chi connectivity index (χ3n) is 2.45. The van der Waals surface area contributed by atoms with E-state index >= 15 is 0 Å². The topological polar surface area (TPSA) is 48.1 Å². The van der Waals surface area contributed by atoms with Crippen molar-refractivity contribution in [1.82, 2.24) is 4.98 Å². The van der Waals surface area contributed by atoms with Gasteiger partial charge in [-0.1, -0.05) is 12.1 Å². The highest BCUT2D eigenvalue weighted by Gasteiger charge is 2.02. The summed E-state index contributed by atoms with van der Waals surface area (Å²) in [6.07, 6.45) is 2.53. The second-order valence-corrected chi connectivity index (χ2v) is 3.56. The van der Waals surface area contributed by atoms with Crippen LogP contribution in [-0.4, -0.2) is 12.1 Å². The molecule has 1 aromatic heterocycles. The summed E-state index contributed by atoms with van der Waals surface area (Å²) in [5.74, 6) is 0.780. The van der Waals surface area contributed by atoms with E-state index in [4.69, 9.17) is 10.5 Å². The normalized spacial score (nSPS) is 10.1. The number of hydrogen-bond acceptors (Lipinski definition) is 3. The molecule has 0 atom stereocenters. The first-order valence-electron chi connectivity index (χ1n) is 5.12. The Morgan fingerprint density at radius 1 is 1.25 bits per heavy atom. The van der Waals surface area contributed by atoms with Crippen molar-refractivity contribution in [3.05, 3.63) is 53.9 Å². The van der Waals surface area contributed by atoms with E-state index in [9.17, 15) is 0 Å². The Balaban J connectivity index is 2.22. The molecule has 0 unspecified atom stereocenters. The van der Waals surface area contributed by atoms with Gasteiger partial charge >= 0.3 is 0 Å². The lowest BCUT2D eigenvalue weighted by molar-refractivity contribution is 0.415. The van der Waals surface area contributed by atoms with Crippen LogP contribution in [0.1, 0.15) is 11.3 Å². The predicted molar refractivity (Wildman–Crippen MR) is 64.4 cm³/mol. The number of anilines is 1. The molecule has 16 heavy (non-hydrogen) atoms. The van der Waals surface area contributed by atoms with Crippen molar-refractivity contribution in [2.75, 3.05) is 12.8 Å². The van der Waals surface area contributed by atoms with Gasteiger partial charge < -0.3 is 10.5 Å². The third kappa shape index (κ3) is 2.31. The number of benzene rings is 1. The molecule has 3 nitrogen and oxygen atoms in total. The Kier molecular flexibility index (Phi) is 3.05. The van der Waals surface area contributed by atoms with Crippen molar-refractivity contribution in [1.29, 1.82) is 0 Å². The van der Waals surface area contributed by atoms with Crippen LogP contribution >= 0.6 is 0 Å². The number of nitrogens with zero attached hydrogens (tertiary/aromatic N) is 1. The van der Waals surface area contributed by atoms with Gasteiger partial charge in [0, 0.05) is 30.1 Å². The van der Waals surface area contributed by atoms with Gasteiger partial charge in [-0.15, -0.1) is 0 Å². The van der Waals surface area contributed by atoms with E-state index < -0.39 is 0 Å². The van der Waals surface area contributed by atoms with E-state index in [2.05, 4.69) is 4.98 Å². The summed E-state index contributed by atoms with van der Waals surface area (Å²) in [5.41, 5.74) is 8.76. The molecule has 82 valence electrons.